The van der Waals surface area contributed by atoms with E-state index < -0.39 is 57.5 Å². The lowest BCUT2D eigenvalue weighted by Crippen LogP contribution is -2.70. The van der Waals surface area contributed by atoms with E-state index >= 15 is 0 Å². The number of halogens is 13. The molecule has 0 aromatic heterocycles. The second-order valence-electron chi connectivity index (χ2n) is 5.38. The molecule has 0 aromatic rings. The second kappa shape index (κ2) is 8.53. The van der Waals surface area contributed by atoms with Crippen molar-refractivity contribution in [1.29, 1.82) is 0 Å². The molecule has 16 heteroatoms. The van der Waals surface area contributed by atoms with E-state index in [-0.39, 0.29) is 13.2 Å². The molecular weight excluding hydrogens is 451 g/mol. The van der Waals surface area contributed by atoms with E-state index in [2.05, 4.69) is 0 Å². The third-order valence-corrected chi connectivity index (χ3v) is 5.57. The van der Waals surface area contributed by atoms with Crippen molar-refractivity contribution < 1.29 is 65.9 Å². The summed E-state index contributed by atoms with van der Waals surface area (Å²) in [6.45, 7) is 2.34. The van der Waals surface area contributed by atoms with Crippen LogP contribution in [-0.4, -0.2) is 58.3 Å². The summed E-state index contributed by atoms with van der Waals surface area (Å²) in [4.78, 5) is 0. The van der Waals surface area contributed by atoms with Gasteiger partial charge in [0.25, 0.3) is 0 Å². The van der Waals surface area contributed by atoms with Gasteiger partial charge in [0.1, 0.15) is 0 Å². The Morgan fingerprint density at radius 1 is 0.571 bits per heavy atom. The maximum absolute atomic E-state index is 13.6. The lowest BCUT2D eigenvalue weighted by Gasteiger charge is -2.39. The highest BCUT2D eigenvalue weighted by Gasteiger charge is 2.90. The fourth-order valence-corrected chi connectivity index (χ4v) is 3.62. The van der Waals surface area contributed by atoms with Crippen LogP contribution < -0.4 is 0 Å². The molecule has 0 unspecified atom stereocenters. The Morgan fingerprint density at radius 2 is 0.929 bits per heavy atom. The summed E-state index contributed by atoms with van der Waals surface area (Å²) in [5, 5.41) is 0. The molecule has 0 fully saturated rings. The monoisotopic (exact) mass is 466 g/mol. The number of hydrogen-bond donors (Lipinski definition) is 0. The van der Waals surface area contributed by atoms with Crippen molar-refractivity contribution in [1.82, 2.24) is 0 Å². The van der Waals surface area contributed by atoms with E-state index in [1.807, 2.05) is 0 Å². The van der Waals surface area contributed by atoms with E-state index in [0.29, 0.717) is 0 Å². The molecular formula is C12H15F13O2Si. The van der Waals surface area contributed by atoms with Crippen molar-refractivity contribution in [2.45, 2.75) is 62.1 Å². The number of hydrogen-bond acceptors (Lipinski definition) is 2. The van der Waals surface area contributed by atoms with Gasteiger partial charge in [-0.1, -0.05) is 0 Å². The fourth-order valence-electron chi connectivity index (χ4n) is 1.84. The van der Waals surface area contributed by atoms with E-state index in [4.69, 9.17) is 8.85 Å². The fraction of sp³-hybridized carbons (Fsp3) is 1.00. The van der Waals surface area contributed by atoms with Crippen LogP contribution >= 0.6 is 0 Å². The summed E-state index contributed by atoms with van der Waals surface area (Å²) in [5.74, 6) is -36.7. The molecule has 0 atom stereocenters. The van der Waals surface area contributed by atoms with Gasteiger partial charge in [0, 0.05) is 19.6 Å². The Hall–Kier alpha value is -0.773. The van der Waals surface area contributed by atoms with Crippen molar-refractivity contribution in [3.05, 3.63) is 0 Å². The topological polar surface area (TPSA) is 18.5 Å². The molecule has 0 bridgehead atoms. The molecule has 0 aromatic carbocycles. The van der Waals surface area contributed by atoms with E-state index in [0.717, 1.165) is 0 Å². The van der Waals surface area contributed by atoms with Crippen LogP contribution in [0.4, 0.5) is 57.1 Å². The van der Waals surface area contributed by atoms with Gasteiger partial charge in [-0.15, -0.1) is 0 Å². The van der Waals surface area contributed by atoms with Crippen LogP contribution in [0.1, 0.15) is 20.3 Å². The van der Waals surface area contributed by atoms with Gasteiger partial charge < -0.3 is 8.85 Å². The van der Waals surface area contributed by atoms with E-state index in [1.54, 1.807) is 0 Å². The molecule has 0 N–H and O–H groups in total. The van der Waals surface area contributed by atoms with Crippen LogP contribution in [0.2, 0.25) is 6.04 Å². The van der Waals surface area contributed by atoms with Gasteiger partial charge >= 0.3 is 45.1 Å². The summed E-state index contributed by atoms with van der Waals surface area (Å²) in [7, 11) is -3.14. The largest absolute Gasteiger partial charge is 0.460 e. The maximum atomic E-state index is 13.6. The normalized spacial score (nSPS) is 15.4. The van der Waals surface area contributed by atoms with E-state index in [9.17, 15) is 57.1 Å². The zero-order valence-corrected chi connectivity index (χ0v) is 15.3. The maximum Gasteiger partial charge on any atom is 0.460 e. The zero-order valence-electron chi connectivity index (χ0n) is 14.1. The Labute approximate surface area is 151 Å². The van der Waals surface area contributed by atoms with Crippen molar-refractivity contribution in [3.8, 4) is 0 Å². The minimum atomic E-state index is -7.87. The van der Waals surface area contributed by atoms with Gasteiger partial charge in [0.15, 0.2) is 0 Å². The second-order valence-corrected chi connectivity index (χ2v) is 7.48. The van der Waals surface area contributed by atoms with Crippen molar-refractivity contribution in [3.63, 3.8) is 0 Å². The zero-order chi connectivity index (χ0) is 22.8. The van der Waals surface area contributed by atoms with Crippen molar-refractivity contribution >= 4 is 9.28 Å². The Morgan fingerprint density at radius 3 is 1.25 bits per heavy atom. The van der Waals surface area contributed by atoms with Gasteiger partial charge in [-0.3, -0.25) is 0 Å². The van der Waals surface area contributed by atoms with Gasteiger partial charge in [0.2, 0.25) is 0 Å². The quantitative estimate of drug-likeness (QED) is 0.300. The van der Waals surface area contributed by atoms with Crippen LogP contribution in [0.3, 0.4) is 0 Å². The minimum Gasteiger partial charge on any atom is -0.397 e. The highest BCUT2D eigenvalue weighted by atomic mass is 28.3. The highest BCUT2D eigenvalue weighted by Crippen LogP contribution is 2.60. The average Bonchev–Trinajstić information content (AvgIpc) is 2.51. The molecule has 0 rings (SSSR count). The molecule has 0 saturated carbocycles. The summed E-state index contributed by atoms with van der Waals surface area (Å²) in [5.41, 5.74) is 0. The molecule has 0 radical (unpaired) electrons. The third kappa shape index (κ3) is 4.68. The lowest BCUT2D eigenvalue weighted by atomic mass is 9.93. The molecule has 0 spiro atoms. The molecule has 0 heterocycles. The van der Waals surface area contributed by atoms with Crippen LogP contribution in [0, 0.1) is 0 Å². The van der Waals surface area contributed by atoms with Crippen molar-refractivity contribution in [2.75, 3.05) is 13.2 Å². The number of alkyl halides is 13. The molecule has 0 aliphatic rings. The molecule has 2 nitrogen and oxygen atoms in total. The first kappa shape index (κ1) is 27.2. The van der Waals surface area contributed by atoms with Gasteiger partial charge in [-0.2, -0.15) is 57.1 Å². The number of rotatable bonds is 11. The first-order chi connectivity index (χ1) is 12.2. The summed E-state index contributed by atoms with van der Waals surface area (Å²) in [6.07, 6.45) is -9.69. The van der Waals surface area contributed by atoms with Crippen molar-refractivity contribution in [2.24, 2.45) is 0 Å². The van der Waals surface area contributed by atoms with Crippen LogP contribution in [0.5, 0.6) is 0 Å². The predicted molar refractivity (Wildman–Crippen MR) is 70.6 cm³/mol. The standard InChI is InChI=1S/C12H15F13O2Si/c1-3-26-28(27-4-2)6-5-7(13,14)8(15,16)9(17,18)10(19,20)11(21,22)12(23,24)25/h28H,3-6H2,1-2H3. The van der Waals surface area contributed by atoms with Crippen LogP contribution in [-0.2, 0) is 8.85 Å². The Bertz CT molecular complexity index is 500. The van der Waals surface area contributed by atoms with Crippen LogP contribution in [0.15, 0.2) is 0 Å². The van der Waals surface area contributed by atoms with Crippen LogP contribution in [0.25, 0.3) is 0 Å². The molecule has 0 aliphatic heterocycles. The first-order valence-corrected chi connectivity index (χ1v) is 9.19. The van der Waals surface area contributed by atoms with Gasteiger partial charge in [-0.25, -0.2) is 0 Å². The Balaban J connectivity index is 5.85. The smallest absolute Gasteiger partial charge is 0.397 e. The first-order valence-electron chi connectivity index (χ1n) is 7.43. The molecule has 0 amide bonds. The highest BCUT2D eigenvalue weighted by molar-refractivity contribution is 6.44. The Kier molecular flexibility index (Phi) is 8.30. The average molecular weight is 466 g/mol. The minimum absolute atomic E-state index is 0.162. The SMILES string of the molecule is CCO[SiH](CCC(F)(F)C(F)(F)C(F)(F)C(F)(F)C(F)(F)C(F)(F)F)OCC. The summed E-state index contributed by atoms with van der Waals surface area (Å²) >= 11 is 0. The summed E-state index contributed by atoms with van der Waals surface area (Å²) in [6, 6.07) is -1.14. The molecule has 28 heavy (non-hydrogen) atoms. The van der Waals surface area contributed by atoms with Gasteiger partial charge in [-0.05, 0) is 19.9 Å². The predicted octanol–water partition coefficient (Wildman–Crippen LogP) is 5.41. The molecule has 0 aliphatic carbocycles. The summed E-state index contributed by atoms with van der Waals surface area (Å²) < 4.78 is 178. The lowest BCUT2D eigenvalue weighted by molar-refractivity contribution is -0.440. The van der Waals surface area contributed by atoms with Gasteiger partial charge in [0.05, 0.1) is 0 Å². The molecule has 0 saturated heterocycles. The third-order valence-electron chi connectivity index (χ3n) is 3.40. The van der Waals surface area contributed by atoms with E-state index in [1.165, 1.54) is 13.8 Å². The molecule has 170 valence electrons.